The lowest BCUT2D eigenvalue weighted by molar-refractivity contribution is -0.118. The summed E-state index contributed by atoms with van der Waals surface area (Å²) in [5.41, 5.74) is 5.77. The first-order valence-electron chi connectivity index (χ1n) is 3.07. The van der Waals surface area contributed by atoms with Crippen molar-refractivity contribution in [1.82, 2.24) is 9.55 Å². The minimum absolute atomic E-state index is 0.141. The number of nitrogens with zero attached hydrogens (tertiary/aromatic N) is 2. The molecular formula is C6H8ClN3O. The number of carbonyl (C=O) groups excluding carboxylic acids is 1. The molecule has 1 aromatic rings. The van der Waals surface area contributed by atoms with Gasteiger partial charge in [0.15, 0.2) is 0 Å². The molecule has 0 spiro atoms. The summed E-state index contributed by atoms with van der Waals surface area (Å²) in [6, 6.07) is 0. The molecule has 60 valence electrons. The van der Waals surface area contributed by atoms with Crippen LogP contribution >= 0.6 is 11.6 Å². The average Bonchev–Trinajstić information content (AvgIpc) is 2.34. The Morgan fingerprint density at radius 2 is 2.55 bits per heavy atom. The molecule has 0 bridgehead atoms. The fourth-order valence-electron chi connectivity index (χ4n) is 0.770. The number of carbonyl (C=O) groups is 1. The van der Waals surface area contributed by atoms with E-state index in [9.17, 15) is 4.79 Å². The minimum atomic E-state index is -0.394. The zero-order valence-electron chi connectivity index (χ0n) is 5.83. The maximum atomic E-state index is 10.5. The van der Waals surface area contributed by atoms with E-state index in [1.165, 1.54) is 6.33 Å². The predicted octanol–water partition coefficient (Wildman–Crippen LogP) is 0.107. The van der Waals surface area contributed by atoms with Gasteiger partial charge in [0, 0.05) is 6.20 Å². The third-order valence-corrected chi connectivity index (χ3v) is 1.54. The Hall–Kier alpha value is -1.03. The second kappa shape index (κ2) is 3.39. The molecule has 0 saturated carbocycles. The molecule has 11 heavy (non-hydrogen) atoms. The summed E-state index contributed by atoms with van der Waals surface area (Å²) in [5.74, 6) is -0.0535. The van der Waals surface area contributed by atoms with Crippen molar-refractivity contribution in [3.8, 4) is 0 Å². The molecule has 0 fully saturated rings. The molecule has 0 aliphatic carbocycles. The highest BCUT2D eigenvalue weighted by Crippen LogP contribution is 2.01. The van der Waals surface area contributed by atoms with Crippen LogP contribution in [0.15, 0.2) is 12.5 Å². The number of amides is 1. The quantitative estimate of drug-likeness (QED) is 0.660. The van der Waals surface area contributed by atoms with Crippen LogP contribution in [0, 0.1) is 0 Å². The maximum absolute atomic E-state index is 10.5. The summed E-state index contributed by atoms with van der Waals surface area (Å²) < 4.78 is 1.62. The van der Waals surface area contributed by atoms with Crippen molar-refractivity contribution in [2.24, 2.45) is 5.73 Å². The first-order valence-corrected chi connectivity index (χ1v) is 3.60. The second-order valence-electron chi connectivity index (χ2n) is 2.11. The van der Waals surface area contributed by atoms with E-state index in [-0.39, 0.29) is 6.54 Å². The fraction of sp³-hybridized carbons (Fsp3) is 0.333. The van der Waals surface area contributed by atoms with Gasteiger partial charge >= 0.3 is 0 Å². The van der Waals surface area contributed by atoms with Crippen LogP contribution in [0.1, 0.15) is 5.69 Å². The Balaban J connectivity index is 2.76. The van der Waals surface area contributed by atoms with Crippen molar-refractivity contribution < 1.29 is 4.79 Å². The molecule has 0 saturated heterocycles. The Labute approximate surface area is 69.0 Å². The predicted molar refractivity (Wildman–Crippen MR) is 41.0 cm³/mol. The monoisotopic (exact) mass is 173 g/mol. The third kappa shape index (κ3) is 1.94. The lowest BCUT2D eigenvalue weighted by atomic mass is 10.5. The van der Waals surface area contributed by atoms with Gasteiger partial charge in [-0.2, -0.15) is 0 Å². The number of hydrogen-bond donors (Lipinski definition) is 1. The summed E-state index contributed by atoms with van der Waals surface area (Å²) in [5, 5.41) is 0. The molecule has 0 unspecified atom stereocenters. The Morgan fingerprint density at radius 1 is 1.82 bits per heavy atom. The maximum Gasteiger partial charge on any atom is 0.237 e. The Morgan fingerprint density at radius 3 is 3.09 bits per heavy atom. The van der Waals surface area contributed by atoms with Crippen molar-refractivity contribution in [3.05, 3.63) is 18.2 Å². The van der Waals surface area contributed by atoms with Crippen LogP contribution in [0.3, 0.4) is 0 Å². The first kappa shape index (κ1) is 8.07. The summed E-state index contributed by atoms with van der Waals surface area (Å²) in [4.78, 5) is 14.3. The van der Waals surface area contributed by atoms with Gasteiger partial charge in [-0.3, -0.25) is 4.79 Å². The second-order valence-corrected chi connectivity index (χ2v) is 2.38. The van der Waals surface area contributed by atoms with Gasteiger partial charge in [-0.05, 0) is 0 Å². The zero-order chi connectivity index (χ0) is 8.27. The van der Waals surface area contributed by atoms with E-state index in [2.05, 4.69) is 4.98 Å². The number of nitrogens with two attached hydrogens (primary N) is 1. The number of halogens is 1. The van der Waals surface area contributed by atoms with Gasteiger partial charge in [-0.15, -0.1) is 11.6 Å². The highest BCUT2D eigenvalue weighted by molar-refractivity contribution is 6.16. The minimum Gasteiger partial charge on any atom is -0.368 e. The summed E-state index contributed by atoms with van der Waals surface area (Å²) in [6.07, 6.45) is 3.14. The van der Waals surface area contributed by atoms with Gasteiger partial charge in [0.25, 0.3) is 0 Å². The van der Waals surface area contributed by atoms with Crippen molar-refractivity contribution in [2.45, 2.75) is 12.4 Å². The van der Waals surface area contributed by atoms with Gasteiger partial charge in [0.1, 0.15) is 6.54 Å². The molecule has 5 heteroatoms. The van der Waals surface area contributed by atoms with Gasteiger partial charge in [-0.1, -0.05) is 0 Å². The topological polar surface area (TPSA) is 60.9 Å². The highest BCUT2D eigenvalue weighted by Gasteiger charge is 2.01. The van der Waals surface area contributed by atoms with Crippen LogP contribution in [0.5, 0.6) is 0 Å². The van der Waals surface area contributed by atoms with Gasteiger partial charge in [-0.25, -0.2) is 4.98 Å². The molecule has 0 atom stereocenters. The molecule has 1 aromatic heterocycles. The molecule has 1 amide bonds. The molecule has 2 N–H and O–H groups in total. The summed E-state index contributed by atoms with van der Waals surface area (Å²) in [6.45, 7) is 0.141. The van der Waals surface area contributed by atoms with Crippen molar-refractivity contribution in [3.63, 3.8) is 0 Å². The van der Waals surface area contributed by atoms with Crippen LogP contribution in [0.4, 0.5) is 0 Å². The first-order chi connectivity index (χ1) is 5.24. The van der Waals surface area contributed by atoms with Gasteiger partial charge in [0.2, 0.25) is 5.91 Å². The fourth-order valence-corrected chi connectivity index (χ4v) is 0.992. The average molecular weight is 174 g/mol. The number of aromatic nitrogens is 2. The number of hydrogen-bond acceptors (Lipinski definition) is 2. The van der Waals surface area contributed by atoms with Crippen LogP contribution < -0.4 is 5.73 Å². The van der Waals surface area contributed by atoms with Crippen LogP contribution in [0.2, 0.25) is 0 Å². The molecule has 1 heterocycles. The van der Waals surface area contributed by atoms with Gasteiger partial charge < -0.3 is 10.3 Å². The largest absolute Gasteiger partial charge is 0.368 e. The Bertz CT molecular complexity index is 258. The molecule has 1 rings (SSSR count). The van der Waals surface area contributed by atoms with E-state index in [1.807, 2.05) is 0 Å². The molecule has 0 aromatic carbocycles. The van der Waals surface area contributed by atoms with E-state index in [1.54, 1.807) is 10.8 Å². The van der Waals surface area contributed by atoms with Crippen molar-refractivity contribution in [2.75, 3.05) is 0 Å². The van der Waals surface area contributed by atoms with Crippen LogP contribution in [-0.2, 0) is 17.2 Å². The standard InChI is InChI=1S/C6H8ClN3O/c7-1-5-2-9-4-10(5)3-6(8)11/h2,4H,1,3H2,(H2,8,11). The lowest BCUT2D eigenvalue weighted by Crippen LogP contribution is -2.19. The molecule has 0 aliphatic heterocycles. The number of imidazole rings is 1. The molecular weight excluding hydrogens is 166 g/mol. The normalized spacial score (nSPS) is 9.91. The molecule has 0 radical (unpaired) electrons. The van der Waals surface area contributed by atoms with Crippen LogP contribution in [0.25, 0.3) is 0 Å². The van der Waals surface area contributed by atoms with E-state index in [0.29, 0.717) is 5.88 Å². The number of primary amides is 1. The van der Waals surface area contributed by atoms with E-state index >= 15 is 0 Å². The SMILES string of the molecule is NC(=O)Cn1cncc1CCl. The summed E-state index contributed by atoms with van der Waals surface area (Å²) in [7, 11) is 0. The van der Waals surface area contributed by atoms with E-state index < -0.39 is 5.91 Å². The lowest BCUT2D eigenvalue weighted by Gasteiger charge is -2.00. The van der Waals surface area contributed by atoms with Crippen molar-refractivity contribution in [1.29, 1.82) is 0 Å². The van der Waals surface area contributed by atoms with E-state index in [4.69, 9.17) is 17.3 Å². The number of alkyl halides is 1. The van der Waals surface area contributed by atoms with Crippen molar-refractivity contribution >= 4 is 17.5 Å². The van der Waals surface area contributed by atoms with Gasteiger partial charge in [0.05, 0.1) is 17.9 Å². The Kier molecular flexibility index (Phi) is 2.48. The van der Waals surface area contributed by atoms with Crippen LogP contribution in [-0.4, -0.2) is 15.5 Å². The smallest absolute Gasteiger partial charge is 0.237 e. The molecule has 4 nitrogen and oxygen atoms in total. The molecule has 0 aliphatic rings. The number of rotatable bonds is 3. The third-order valence-electron chi connectivity index (χ3n) is 1.26. The summed E-state index contributed by atoms with van der Waals surface area (Å²) >= 11 is 5.54. The zero-order valence-corrected chi connectivity index (χ0v) is 6.58. The highest BCUT2D eigenvalue weighted by atomic mass is 35.5. The van der Waals surface area contributed by atoms with E-state index in [0.717, 1.165) is 5.69 Å².